The molecular formula is C26H27F4N3O2. The third-order valence-corrected chi connectivity index (χ3v) is 6.07. The average Bonchev–Trinajstić information content (AvgIpc) is 3.56. The van der Waals surface area contributed by atoms with E-state index in [1.54, 1.807) is 24.3 Å². The van der Waals surface area contributed by atoms with Crippen LogP contribution in [0, 0.1) is 11.3 Å². The van der Waals surface area contributed by atoms with Crippen LogP contribution in [0.5, 0.6) is 0 Å². The summed E-state index contributed by atoms with van der Waals surface area (Å²) in [5.41, 5.74) is 3.91. The van der Waals surface area contributed by atoms with E-state index in [0.717, 1.165) is 0 Å². The van der Waals surface area contributed by atoms with Crippen LogP contribution in [0.3, 0.4) is 0 Å². The molecule has 0 aromatic heterocycles. The molecule has 0 saturated heterocycles. The van der Waals surface area contributed by atoms with Crippen molar-refractivity contribution in [2.45, 2.75) is 69.5 Å². The second-order valence-electron chi connectivity index (χ2n) is 9.58. The van der Waals surface area contributed by atoms with Crippen LogP contribution in [0.15, 0.2) is 48.5 Å². The van der Waals surface area contributed by atoms with Gasteiger partial charge in [-0.2, -0.15) is 18.4 Å². The highest BCUT2D eigenvalue weighted by molar-refractivity contribution is 5.94. The smallest absolute Gasteiger partial charge is 0.320 e. The van der Waals surface area contributed by atoms with Gasteiger partial charge in [-0.15, -0.1) is 0 Å². The number of Topliss-reactive ketones (excluding diaryl/α,β-unsaturated/α-hetero) is 1. The minimum atomic E-state index is -4.91. The highest BCUT2D eigenvalue weighted by Crippen LogP contribution is 2.50. The van der Waals surface area contributed by atoms with Crippen molar-refractivity contribution in [2.24, 2.45) is 5.73 Å². The lowest BCUT2D eigenvalue weighted by molar-refractivity contribution is -0.198. The van der Waals surface area contributed by atoms with Gasteiger partial charge in [-0.1, -0.05) is 48.5 Å². The van der Waals surface area contributed by atoms with Crippen LogP contribution in [-0.4, -0.2) is 40.0 Å². The summed E-state index contributed by atoms with van der Waals surface area (Å²) < 4.78 is 57.3. The molecular weight excluding hydrogens is 462 g/mol. The summed E-state index contributed by atoms with van der Waals surface area (Å²) in [4.78, 5) is 25.1. The number of nitriles is 1. The van der Waals surface area contributed by atoms with Crippen molar-refractivity contribution in [1.29, 1.82) is 5.26 Å². The fourth-order valence-corrected chi connectivity index (χ4v) is 4.14. The molecule has 1 amide bonds. The summed E-state index contributed by atoms with van der Waals surface area (Å²) in [5, 5.41) is 9.66. The molecule has 9 heteroatoms. The molecule has 1 fully saturated rings. The van der Waals surface area contributed by atoms with Gasteiger partial charge in [0, 0.05) is 12.0 Å². The van der Waals surface area contributed by atoms with Crippen LogP contribution in [0.25, 0.3) is 11.1 Å². The van der Waals surface area contributed by atoms with E-state index in [9.17, 15) is 32.4 Å². The summed E-state index contributed by atoms with van der Waals surface area (Å²) in [6.45, 7) is 3.80. The summed E-state index contributed by atoms with van der Waals surface area (Å²) in [5.74, 6) is -1.22. The number of halogens is 4. The van der Waals surface area contributed by atoms with E-state index >= 15 is 0 Å². The monoisotopic (exact) mass is 489 g/mol. The van der Waals surface area contributed by atoms with Gasteiger partial charge in [0.1, 0.15) is 11.2 Å². The van der Waals surface area contributed by atoms with Crippen molar-refractivity contribution in [3.63, 3.8) is 0 Å². The van der Waals surface area contributed by atoms with Crippen LogP contribution >= 0.6 is 0 Å². The molecule has 35 heavy (non-hydrogen) atoms. The first-order valence-corrected chi connectivity index (χ1v) is 11.2. The standard InChI is InChI=1S/C26H27F4N3O2/c1-16(34)17-4-6-18(7-5-17)19-8-10-20(11-9-19)22(26(28,29)30)33(25(15-31)12-13-25)23(35)21(32)14-24(2,3)27/h4-11,21-22H,12-14,32H2,1-3H3/t21-,22-/m0/s1. The first kappa shape index (κ1) is 26.4. The maximum absolute atomic E-state index is 14.4. The largest absolute Gasteiger partial charge is 0.413 e. The Hall–Kier alpha value is -3.25. The highest BCUT2D eigenvalue weighted by atomic mass is 19.4. The van der Waals surface area contributed by atoms with Gasteiger partial charge in [-0.25, -0.2) is 4.39 Å². The van der Waals surface area contributed by atoms with E-state index in [0.29, 0.717) is 21.6 Å². The zero-order valence-electron chi connectivity index (χ0n) is 19.7. The number of nitrogens with two attached hydrogens (primary N) is 1. The normalized spacial score (nSPS) is 16.7. The molecule has 0 bridgehead atoms. The van der Waals surface area contributed by atoms with Crippen molar-refractivity contribution in [1.82, 2.24) is 4.90 Å². The van der Waals surface area contributed by atoms with Gasteiger partial charge >= 0.3 is 6.18 Å². The quantitative estimate of drug-likeness (QED) is 0.391. The molecule has 0 radical (unpaired) electrons. The molecule has 2 aromatic carbocycles. The highest BCUT2D eigenvalue weighted by Gasteiger charge is 2.60. The second-order valence-corrected chi connectivity index (χ2v) is 9.58. The van der Waals surface area contributed by atoms with E-state index in [-0.39, 0.29) is 24.2 Å². The van der Waals surface area contributed by atoms with E-state index < -0.39 is 41.8 Å². The summed E-state index contributed by atoms with van der Waals surface area (Å²) in [7, 11) is 0. The first-order valence-electron chi connectivity index (χ1n) is 11.2. The third-order valence-electron chi connectivity index (χ3n) is 6.07. The molecule has 0 heterocycles. The Bertz CT molecular complexity index is 1130. The van der Waals surface area contributed by atoms with Crippen LogP contribution in [0.4, 0.5) is 17.6 Å². The van der Waals surface area contributed by atoms with Crippen LogP contribution in [-0.2, 0) is 4.79 Å². The number of carbonyl (C=O) groups excluding carboxylic acids is 2. The minimum absolute atomic E-state index is 0.0775. The molecule has 1 aliphatic carbocycles. The van der Waals surface area contributed by atoms with Crippen molar-refractivity contribution in [2.75, 3.05) is 0 Å². The molecule has 2 atom stereocenters. The van der Waals surface area contributed by atoms with Gasteiger partial charge in [0.2, 0.25) is 5.91 Å². The number of rotatable bonds is 8. The number of alkyl halides is 4. The Morgan fingerprint density at radius 3 is 1.89 bits per heavy atom. The molecule has 186 valence electrons. The summed E-state index contributed by atoms with van der Waals surface area (Å²) in [6.07, 6.45) is -5.23. The van der Waals surface area contributed by atoms with E-state index in [1.165, 1.54) is 45.0 Å². The Balaban J connectivity index is 2.00. The zero-order chi connectivity index (χ0) is 26.2. The Morgan fingerprint density at radius 2 is 1.51 bits per heavy atom. The van der Waals surface area contributed by atoms with Crippen molar-refractivity contribution < 1.29 is 27.2 Å². The molecule has 0 aliphatic heterocycles. The number of nitrogens with zero attached hydrogens (tertiary/aromatic N) is 2. The van der Waals surface area contributed by atoms with Crippen molar-refractivity contribution in [3.05, 3.63) is 59.7 Å². The summed E-state index contributed by atoms with van der Waals surface area (Å²) >= 11 is 0. The lowest BCUT2D eigenvalue weighted by atomic mass is 9.95. The number of amides is 1. The molecule has 1 aliphatic rings. The minimum Gasteiger partial charge on any atom is -0.320 e. The van der Waals surface area contributed by atoms with Gasteiger partial charge in [0.05, 0.1) is 12.1 Å². The molecule has 2 aromatic rings. The Morgan fingerprint density at radius 1 is 1.03 bits per heavy atom. The maximum Gasteiger partial charge on any atom is 0.413 e. The fourth-order valence-electron chi connectivity index (χ4n) is 4.14. The van der Waals surface area contributed by atoms with Gasteiger partial charge in [0.15, 0.2) is 11.8 Å². The zero-order valence-corrected chi connectivity index (χ0v) is 19.7. The van der Waals surface area contributed by atoms with Crippen LogP contribution in [0.2, 0.25) is 0 Å². The van der Waals surface area contributed by atoms with Gasteiger partial charge in [0.25, 0.3) is 0 Å². The van der Waals surface area contributed by atoms with Gasteiger partial charge in [-0.05, 0) is 50.3 Å². The maximum atomic E-state index is 14.4. The molecule has 0 unspecified atom stereocenters. The fraction of sp³-hybridized carbons (Fsp3) is 0.423. The predicted molar refractivity (Wildman–Crippen MR) is 123 cm³/mol. The number of hydrogen-bond donors (Lipinski definition) is 1. The summed E-state index contributed by atoms with van der Waals surface area (Å²) in [6, 6.07) is 10.0. The van der Waals surface area contributed by atoms with Crippen molar-refractivity contribution in [3.8, 4) is 17.2 Å². The SMILES string of the molecule is CC(=O)c1ccc(-c2ccc([C@H](N(C(=O)[C@@H](N)CC(C)(C)F)C3(C#N)CC3)C(F)(F)F)cc2)cc1. The number of benzene rings is 2. The molecule has 0 spiro atoms. The lowest BCUT2D eigenvalue weighted by Crippen LogP contribution is -2.55. The van der Waals surface area contributed by atoms with E-state index in [1.807, 2.05) is 6.07 Å². The second kappa shape index (κ2) is 9.42. The molecule has 2 N–H and O–H groups in total. The molecule has 1 saturated carbocycles. The van der Waals surface area contributed by atoms with E-state index in [4.69, 9.17) is 5.73 Å². The Kier molecular flexibility index (Phi) is 7.09. The third kappa shape index (κ3) is 5.88. The van der Waals surface area contributed by atoms with Gasteiger partial charge in [-0.3, -0.25) is 9.59 Å². The molecule has 3 rings (SSSR count). The van der Waals surface area contributed by atoms with Crippen LogP contribution in [0.1, 0.15) is 62.0 Å². The van der Waals surface area contributed by atoms with E-state index in [2.05, 4.69) is 0 Å². The number of ketones is 1. The number of hydrogen-bond acceptors (Lipinski definition) is 4. The number of carbonyl (C=O) groups is 2. The average molecular weight is 490 g/mol. The molecule has 5 nitrogen and oxygen atoms in total. The van der Waals surface area contributed by atoms with Crippen molar-refractivity contribution >= 4 is 11.7 Å². The lowest BCUT2D eigenvalue weighted by Gasteiger charge is -2.38. The van der Waals surface area contributed by atoms with Crippen LogP contribution < -0.4 is 5.73 Å². The first-order chi connectivity index (χ1) is 16.2. The Labute approximate surface area is 201 Å². The van der Waals surface area contributed by atoms with Gasteiger partial charge < -0.3 is 10.6 Å². The topological polar surface area (TPSA) is 87.2 Å². The predicted octanol–water partition coefficient (Wildman–Crippen LogP) is 5.51.